The predicted molar refractivity (Wildman–Crippen MR) is 110 cm³/mol. The van der Waals surface area contributed by atoms with Gasteiger partial charge in [0.25, 0.3) is 17.2 Å². The highest BCUT2D eigenvalue weighted by molar-refractivity contribution is 5.94. The Morgan fingerprint density at radius 1 is 1.07 bits per heavy atom. The summed E-state index contributed by atoms with van der Waals surface area (Å²) in [6, 6.07) is 17.7. The van der Waals surface area contributed by atoms with Crippen LogP contribution in [0.15, 0.2) is 71.7 Å². The Morgan fingerprint density at radius 3 is 2.40 bits per heavy atom. The van der Waals surface area contributed by atoms with Crippen LogP contribution in [0.25, 0.3) is 0 Å². The number of rotatable bonds is 7. The summed E-state index contributed by atoms with van der Waals surface area (Å²) in [4.78, 5) is 46.6. The molecule has 0 saturated carbocycles. The smallest absolute Gasteiger partial charge is 0.286 e. The monoisotopic (exact) mass is 406 g/mol. The number of pyridine rings is 1. The maximum Gasteiger partial charge on any atom is 0.286 e. The van der Waals surface area contributed by atoms with E-state index in [0.29, 0.717) is 12.1 Å². The van der Waals surface area contributed by atoms with Crippen LogP contribution in [-0.2, 0) is 17.8 Å². The summed E-state index contributed by atoms with van der Waals surface area (Å²) < 4.78 is 0.799. The molecule has 3 aromatic rings. The van der Waals surface area contributed by atoms with Crippen LogP contribution in [0, 0.1) is 10.1 Å². The van der Waals surface area contributed by atoms with Gasteiger partial charge in [0.15, 0.2) is 0 Å². The van der Waals surface area contributed by atoms with E-state index < -0.39 is 40.1 Å². The topological polar surface area (TPSA) is 137 Å². The Labute approximate surface area is 170 Å². The van der Waals surface area contributed by atoms with Crippen LogP contribution in [0.4, 0.5) is 11.4 Å². The molecule has 0 unspecified atom stereocenters. The first-order valence-electron chi connectivity index (χ1n) is 8.95. The average Bonchev–Trinajstić information content (AvgIpc) is 2.71. The summed E-state index contributed by atoms with van der Waals surface area (Å²) in [5.74, 6) is -1.68. The Balaban J connectivity index is 1.84. The lowest BCUT2D eigenvalue weighted by Gasteiger charge is -2.12. The number of para-hydroxylation sites is 1. The minimum atomic E-state index is -1.11. The van der Waals surface area contributed by atoms with E-state index in [1.165, 1.54) is 0 Å². The van der Waals surface area contributed by atoms with Crippen LogP contribution in [0.3, 0.4) is 0 Å². The van der Waals surface area contributed by atoms with Gasteiger partial charge < -0.3 is 11.1 Å². The van der Waals surface area contributed by atoms with Crippen molar-refractivity contribution in [3.63, 3.8) is 0 Å². The number of nitrogens with one attached hydrogen (secondary N) is 1. The number of carbonyl (C=O) groups excluding carboxylic acids is 2. The number of nitrogens with zero attached hydrogens (tertiary/aromatic N) is 2. The molecule has 0 aliphatic heterocycles. The molecule has 1 aromatic heterocycles. The number of nitrogens with two attached hydrogens (primary N) is 1. The van der Waals surface area contributed by atoms with Crippen molar-refractivity contribution < 1.29 is 14.5 Å². The molecule has 0 saturated heterocycles. The second kappa shape index (κ2) is 8.82. The fourth-order valence-corrected chi connectivity index (χ4v) is 2.97. The first-order chi connectivity index (χ1) is 14.3. The first-order valence-corrected chi connectivity index (χ1v) is 8.95. The van der Waals surface area contributed by atoms with Crippen LogP contribution in [0.2, 0.25) is 0 Å². The highest BCUT2D eigenvalue weighted by Crippen LogP contribution is 2.19. The molecule has 0 radical (unpaired) electrons. The van der Waals surface area contributed by atoms with Crippen LogP contribution in [-0.4, -0.2) is 21.3 Å². The maximum absolute atomic E-state index is 12.5. The van der Waals surface area contributed by atoms with Gasteiger partial charge in [-0.1, -0.05) is 48.5 Å². The Morgan fingerprint density at radius 2 is 1.73 bits per heavy atom. The third kappa shape index (κ3) is 4.76. The van der Waals surface area contributed by atoms with Crippen molar-refractivity contribution in [2.24, 2.45) is 5.73 Å². The molecule has 3 rings (SSSR count). The largest absolute Gasteiger partial charge is 0.365 e. The zero-order valence-corrected chi connectivity index (χ0v) is 15.8. The summed E-state index contributed by atoms with van der Waals surface area (Å²) in [5, 5.41) is 13.8. The SMILES string of the molecule is NC(=O)c1cc([N+](=O)[O-])cn(CC(=O)Nc2ccccc2Cc2ccccc2)c1=O. The molecule has 9 heteroatoms. The summed E-state index contributed by atoms with van der Waals surface area (Å²) >= 11 is 0. The van der Waals surface area contributed by atoms with Gasteiger partial charge in [0, 0.05) is 11.8 Å². The number of nitro groups is 1. The zero-order chi connectivity index (χ0) is 21.7. The summed E-state index contributed by atoms with van der Waals surface area (Å²) in [7, 11) is 0. The van der Waals surface area contributed by atoms with Crippen molar-refractivity contribution >= 4 is 23.2 Å². The summed E-state index contributed by atoms with van der Waals surface area (Å²) in [5.41, 5.74) is 5.66. The lowest BCUT2D eigenvalue weighted by molar-refractivity contribution is -0.385. The summed E-state index contributed by atoms with van der Waals surface area (Å²) in [6.07, 6.45) is 1.49. The van der Waals surface area contributed by atoms with Gasteiger partial charge in [0.1, 0.15) is 12.1 Å². The molecule has 3 N–H and O–H groups in total. The minimum absolute atomic E-state index is 0.513. The fraction of sp³-hybridized carbons (Fsp3) is 0.0952. The number of hydrogen-bond acceptors (Lipinski definition) is 5. The van der Waals surface area contributed by atoms with Gasteiger partial charge in [0.2, 0.25) is 5.91 Å². The normalized spacial score (nSPS) is 10.4. The third-order valence-electron chi connectivity index (χ3n) is 4.39. The van der Waals surface area contributed by atoms with E-state index in [2.05, 4.69) is 5.32 Å². The highest BCUT2D eigenvalue weighted by atomic mass is 16.6. The zero-order valence-electron chi connectivity index (χ0n) is 15.8. The fourth-order valence-electron chi connectivity index (χ4n) is 2.97. The van der Waals surface area contributed by atoms with E-state index in [9.17, 15) is 24.5 Å². The number of benzene rings is 2. The van der Waals surface area contributed by atoms with Crippen LogP contribution in [0.1, 0.15) is 21.5 Å². The van der Waals surface area contributed by atoms with Gasteiger partial charge in [-0.3, -0.25) is 29.1 Å². The van der Waals surface area contributed by atoms with Gasteiger partial charge in [-0.05, 0) is 23.6 Å². The number of aromatic nitrogens is 1. The average molecular weight is 406 g/mol. The lowest BCUT2D eigenvalue weighted by atomic mass is 10.0. The van der Waals surface area contributed by atoms with E-state index in [4.69, 9.17) is 5.73 Å². The Kier molecular flexibility index (Phi) is 6.02. The third-order valence-corrected chi connectivity index (χ3v) is 4.39. The number of anilines is 1. The van der Waals surface area contributed by atoms with E-state index in [0.717, 1.165) is 28.0 Å². The summed E-state index contributed by atoms with van der Waals surface area (Å²) in [6.45, 7) is -0.513. The number of carbonyl (C=O) groups is 2. The second-order valence-electron chi connectivity index (χ2n) is 6.53. The highest BCUT2D eigenvalue weighted by Gasteiger charge is 2.19. The molecular formula is C21H18N4O5. The molecule has 2 aromatic carbocycles. The van der Waals surface area contributed by atoms with Crippen molar-refractivity contribution in [1.82, 2.24) is 4.57 Å². The second-order valence-corrected chi connectivity index (χ2v) is 6.53. The van der Waals surface area contributed by atoms with Gasteiger partial charge in [-0.2, -0.15) is 0 Å². The molecule has 9 nitrogen and oxygen atoms in total. The van der Waals surface area contributed by atoms with Crippen molar-refractivity contribution in [1.29, 1.82) is 0 Å². The molecule has 0 aliphatic rings. The molecule has 0 fully saturated rings. The molecule has 30 heavy (non-hydrogen) atoms. The van der Waals surface area contributed by atoms with Crippen molar-refractivity contribution in [3.05, 3.63) is 104 Å². The number of amides is 2. The van der Waals surface area contributed by atoms with Crippen LogP contribution < -0.4 is 16.6 Å². The van der Waals surface area contributed by atoms with E-state index in [-0.39, 0.29) is 0 Å². The van der Waals surface area contributed by atoms with Crippen LogP contribution >= 0.6 is 0 Å². The maximum atomic E-state index is 12.5. The van der Waals surface area contributed by atoms with Gasteiger partial charge in [0.05, 0.1) is 11.1 Å². The quantitative estimate of drug-likeness (QED) is 0.457. The lowest BCUT2D eigenvalue weighted by Crippen LogP contribution is -2.33. The van der Waals surface area contributed by atoms with Gasteiger partial charge >= 0.3 is 0 Å². The Bertz CT molecular complexity index is 1170. The molecule has 1 heterocycles. The first kappa shape index (κ1) is 20.5. The van der Waals surface area contributed by atoms with Crippen molar-refractivity contribution in [3.8, 4) is 0 Å². The van der Waals surface area contributed by atoms with E-state index >= 15 is 0 Å². The molecule has 152 valence electrons. The van der Waals surface area contributed by atoms with E-state index in [1.807, 2.05) is 42.5 Å². The number of hydrogen-bond donors (Lipinski definition) is 2. The predicted octanol–water partition coefficient (Wildman–Crippen LogP) is 2.08. The number of primary amides is 1. The van der Waals surface area contributed by atoms with Crippen LogP contribution in [0.5, 0.6) is 0 Å². The van der Waals surface area contributed by atoms with Gasteiger partial charge in [-0.15, -0.1) is 0 Å². The van der Waals surface area contributed by atoms with Crippen molar-refractivity contribution in [2.45, 2.75) is 13.0 Å². The molecule has 0 bridgehead atoms. The molecule has 0 aliphatic carbocycles. The molecule has 0 spiro atoms. The molecule has 2 amide bonds. The van der Waals surface area contributed by atoms with Crippen molar-refractivity contribution in [2.75, 3.05) is 5.32 Å². The minimum Gasteiger partial charge on any atom is -0.365 e. The Hall–Kier alpha value is -4.27. The standard InChI is InChI=1S/C21H18N4O5/c22-20(27)17-11-16(25(29)30)12-24(21(17)28)13-19(26)23-18-9-5-4-8-15(18)10-14-6-2-1-3-7-14/h1-9,11-12H,10,13H2,(H2,22,27)(H,23,26). The molecular weight excluding hydrogens is 388 g/mol. The molecule has 0 atom stereocenters. The van der Waals surface area contributed by atoms with E-state index in [1.54, 1.807) is 12.1 Å². The van der Waals surface area contributed by atoms with Gasteiger partial charge in [-0.25, -0.2) is 0 Å².